The number of methoxy groups -OCH3 is 1. The second-order valence-corrected chi connectivity index (χ2v) is 4.37. The molecule has 1 fully saturated rings. The van der Waals surface area contributed by atoms with E-state index in [-0.39, 0.29) is 0 Å². The molecule has 0 aliphatic carbocycles. The predicted molar refractivity (Wildman–Crippen MR) is 64.4 cm³/mol. The van der Waals surface area contributed by atoms with Crippen LogP contribution in [-0.2, 0) is 6.54 Å². The summed E-state index contributed by atoms with van der Waals surface area (Å²) in [6, 6.07) is 6.18. The van der Waals surface area contributed by atoms with Gasteiger partial charge in [-0.3, -0.25) is 0 Å². The van der Waals surface area contributed by atoms with E-state index < -0.39 is 0 Å². The first kappa shape index (κ1) is 9.70. The van der Waals surface area contributed by atoms with E-state index in [0.717, 1.165) is 30.9 Å². The molecule has 84 valence electrons. The van der Waals surface area contributed by atoms with Crippen molar-refractivity contribution in [1.82, 2.24) is 4.90 Å². The fourth-order valence-electron chi connectivity index (χ4n) is 2.49. The molecule has 0 atom stereocenters. The van der Waals surface area contributed by atoms with Gasteiger partial charge in [-0.05, 0) is 18.9 Å². The minimum absolute atomic E-state index is 0.898. The van der Waals surface area contributed by atoms with Crippen LogP contribution >= 0.6 is 0 Å². The van der Waals surface area contributed by atoms with Crippen molar-refractivity contribution in [1.29, 1.82) is 0 Å². The number of hydrogen-bond donors (Lipinski definition) is 0. The number of nitrogens with zero attached hydrogens (tertiary/aromatic N) is 2. The summed E-state index contributed by atoms with van der Waals surface area (Å²) in [5.74, 6) is 2.14. The fraction of sp³-hybridized carbons (Fsp3) is 0.462. The molecule has 0 N–H and O–H groups in total. The molecular weight excluding hydrogens is 200 g/mol. The van der Waals surface area contributed by atoms with E-state index in [2.05, 4.69) is 11.0 Å². The maximum Gasteiger partial charge on any atom is 0.144 e. The highest BCUT2D eigenvalue weighted by molar-refractivity contribution is 5.88. The molecule has 0 amide bonds. The number of rotatable bonds is 1. The van der Waals surface area contributed by atoms with Crippen molar-refractivity contribution in [3.63, 3.8) is 0 Å². The summed E-state index contributed by atoms with van der Waals surface area (Å²) >= 11 is 0. The van der Waals surface area contributed by atoms with Gasteiger partial charge < -0.3 is 9.64 Å². The molecule has 0 unspecified atom stereocenters. The molecule has 3 heteroatoms. The van der Waals surface area contributed by atoms with Gasteiger partial charge in [0.15, 0.2) is 0 Å². The number of fused-ring (bicyclic) bond motifs is 2. The second-order valence-electron chi connectivity index (χ2n) is 4.37. The third-order valence-corrected chi connectivity index (χ3v) is 3.35. The zero-order valence-electron chi connectivity index (χ0n) is 9.57. The molecule has 3 nitrogen and oxygen atoms in total. The molecule has 0 saturated carbocycles. The van der Waals surface area contributed by atoms with E-state index in [9.17, 15) is 0 Å². The largest absolute Gasteiger partial charge is 0.494 e. The van der Waals surface area contributed by atoms with Crippen molar-refractivity contribution in [2.75, 3.05) is 13.7 Å². The lowest BCUT2D eigenvalue weighted by molar-refractivity contribution is 0.356. The molecule has 1 aromatic rings. The SMILES string of the molecule is COc1cccc2c1N=C1CCCCN1C2. The Morgan fingerprint density at radius 3 is 3.12 bits per heavy atom. The second kappa shape index (κ2) is 3.81. The Kier molecular flexibility index (Phi) is 2.31. The average Bonchev–Trinajstić information content (AvgIpc) is 2.35. The Morgan fingerprint density at radius 1 is 1.31 bits per heavy atom. The molecule has 2 heterocycles. The Balaban J connectivity index is 2.06. The summed E-state index contributed by atoms with van der Waals surface area (Å²) in [4.78, 5) is 7.15. The molecule has 0 aromatic heterocycles. The lowest BCUT2D eigenvalue weighted by atomic mass is 10.0. The molecule has 0 bridgehead atoms. The van der Waals surface area contributed by atoms with E-state index >= 15 is 0 Å². The maximum atomic E-state index is 5.37. The minimum Gasteiger partial charge on any atom is -0.494 e. The molecule has 3 rings (SSSR count). The average molecular weight is 216 g/mol. The zero-order chi connectivity index (χ0) is 11.0. The predicted octanol–water partition coefficient (Wildman–Crippen LogP) is 2.72. The summed E-state index contributed by atoms with van der Waals surface area (Å²) in [6.07, 6.45) is 3.66. The maximum absolute atomic E-state index is 5.37. The summed E-state index contributed by atoms with van der Waals surface area (Å²) in [6.45, 7) is 2.14. The normalized spacial score (nSPS) is 18.6. The number of piperidine rings is 1. The van der Waals surface area contributed by atoms with Crippen LogP contribution in [0.25, 0.3) is 0 Å². The highest BCUT2D eigenvalue weighted by Gasteiger charge is 2.23. The van der Waals surface area contributed by atoms with Gasteiger partial charge in [-0.25, -0.2) is 4.99 Å². The van der Waals surface area contributed by atoms with Gasteiger partial charge in [0.05, 0.1) is 7.11 Å². The number of hydrogen-bond acceptors (Lipinski definition) is 3. The molecular formula is C13H16N2O. The van der Waals surface area contributed by atoms with Crippen molar-refractivity contribution < 1.29 is 4.74 Å². The number of ether oxygens (including phenoxy) is 1. The molecule has 1 saturated heterocycles. The van der Waals surface area contributed by atoms with Crippen LogP contribution < -0.4 is 4.74 Å². The third-order valence-electron chi connectivity index (χ3n) is 3.35. The minimum atomic E-state index is 0.898. The van der Waals surface area contributed by atoms with Gasteiger partial charge >= 0.3 is 0 Å². The first-order chi connectivity index (χ1) is 7.88. The van der Waals surface area contributed by atoms with Crippen molar-refractivity contribution in [3.05, 3.63) is 23.8 Å². The van der Waals surface area contributed by atoms with Crippen molar-refractivity contribution >= 4 is 11.5 Å². The Hall–Kier alpha value is -1.51. The van der Waals surface area contributed by atoms with Crippen LogP contribution in [0.5, 0.6) is 5.75 Å². The van der Waals surface area contributed by atoms with Crippen molar-refractivity contribution in [3.8, 4) is 5.75 Å². The number of aliphatic imine (C=N–C) groups is 1. The van der Waals surface area contributed by atoms with Crippen LogP contribution in [0.1, 0.15) is 24.8 Å². The fourth-order valence-corrected chi connectivity index (χ4v) is 2.49. The summed E-state index contributed by atoms with van der Waals surface area (Å²) in [7, 11) is 1.71. The first-order valence-corrected chi connectivity index (χ1v) is 5.87. The van der Waals surface area contributed by atoms with Gasteiger partial charge in [0.1, 0.15) is 17.3 Å². The van der Waals surface area contributed by atoms with Crippen LogP contribution in [-0.4, -0.2) is 24.4 Å². The van der Waals surface area contributed by atoms with Gasteiger partial charge in [-0.15, -0.1) is 0 Å². The lowest BCUT2D eigenvalue weighted by Gasteiger charge is -2.34. The molecule has 0 spiro atoms. The van der Waals surface area contributed by atoms with Crippen molar-refractivity contribution in [2.24, 2.45) is 4.99 Å². The van der Waals surface area contributed by atoms with Gasteiger partial charge in [0, 0.05) is 25.1 Å². The highest BCUT2D eigenvalue weighted by atomic mass is 16.5. The van der Waals surface area contributed by atoms with Crippen LogP contribution in [0.2, 0.25) is 0 Å². The van der Waals surface area contributed by atoms with Crippen LogP contribution in [0.4, 0.5) is 5.69 Å². The summed E-state index contributed by atoms with van der Waals surface area (Å²) in [5, 5.41) is 0. The van der Waals surface area contributed by atoms with E-state index in [0.29, 0.717) is 0 Å². The quantitative estimate of drug-likeness (QED) is 0.721. The molecule has 2 aliphatic rings. The Morgan fingerprint density at radius 2 is 2.25 bits per heavy atom. The number of benzene rings is 1. The van der Waals surface area contributed by atoms with Gasteiger partial charge in [0.2, 0.25) is 0 Å². The zero-order valence-corrected chi connectivity index (χ0v) is 9.57. The monoisotopic (exact) mass is 216 g/mol. The smallest absolute Gasteiger partial charge is 0.144 e. The third kappa shape index (κ3) is 1.47. The van der Waals surface area contributed by atoms with E-state index in [1.165, 1.54) is 24.2 Å². The van der Waals surface area contributed by atoms with Gasteiger partial charge in [-0.2, -0.15) is 0 Å². The Bertz CT molecular complexity index is 440. The van der Waals surface area contributed by atoms with Gasteiger partial charge in [-0.1, -0.05) is 12.1 Å². The number of amidine groups is 1. The van der Waals surface area contributed by atoms with Crippen LogP contribution in [0.3, 0.4) is 0 Å². The molecule has 0 radical (unpaired) electrons. The van der Waals surface area contributed by atoms with Crippen LogP contribution in [0.15, 0.2) is 23.2 Å². The molecule has 1 aromatic carbocycles. The Labute approximate surface area is 95.7 Å². The number of para-hydroxylation sites is 1. The van der Waals surface area contributed by atoms with Gasteiger partial charge in [0.25, 0.3) is 0 Å². The highest BCUT2D eigenvalue weighted by Crippen LogP contribution is 2.36. The summed E-state index contributed by atoms with van der Waals surface area (Å²) in [5.41, 5.74) is 2.32. The standard InChI is InChI=1S/C13H16N2O/c1-16-11-6-4-5-10-9-15-8-3-2-7-12(15)14-13(10)11/h4-6H,2-3,7-9H2,1H3. The lowest BCUT2D eigenvalue weighted by Crippen LogP contribution is -2.36. The van der Waals surface area contributed by atoms with Crippen molar-refractivity contribution in [2.45, 2.75) is 25.8 Å². The molecule has 2 aliphatic heterocycles. The van der Waals surface area contributed by atoms with E-state index in [1.54, 1.807) is 7.11 Å². The first-order valence-electron chi connectivity index (χ1n) is 5.87. The van der Waals surface area contributed by atoms with Crippen LogP contribution in [0, 0.1) is 0 Å². The molecule has 16 heavy (non-hydrogen) atoms. The summed E-state index contributed by atoms with van der Waals surface area (Å²) < 4.78 is 5.37. The van der Waals surface area contributed by atoms with E-state index in [1.807, 2.05) is 12.1 Å². The van der Waals surface area contributed by atoms with E-state index in [4.69, 9.17) is 9.73 Å². The topological polar surface area (TPSA) is 24.8 Å².